The zero-order valence-electron chi connectivity index (χ0n) is 19.8. The number of benzene rings is 2. The number of hydrogen-bond acceptors (Lipinski definition) is 4. The molecule has 0 radical (unpaired) electrons. The maximum Gasteiger partial charge on any atom is 0.242 e. The first-order valence-corrected chi connectivity index (χ1v) is 12.2. The van der Waals surface area contributed by atoms with Gasteiger partial charge in [0.05, 0.1) is 13.5 Å². The van der Waals surface area contributed by atoms with Crippen LogP contribution in [0.1, 0.15) is 49.7 Å². The fourth-order valence-electron chi connectivity index (χ4n) is 4.30. The van der Waals surface area contributed by atoms with Gasteiger partial charge in [-0.2, -0.15) is 0 Å². The highest BCUT2D eigenvalue weighted by atomic mass is 35.5. The Bertz CT molecular complexity index is 1030. The minimum atomic E-state index is -0.677. The van der Waals surface area contributed by atoms with Crippen LogP contribution in [0.5, 0.6) is 5.75 Å². The highest BCUT2D eigenvalue weighted by molar-refractivity contribution is 6.30. The molecule has 1 fully saturated rings. The first-order chi connectivity index (χ1) is 16.8. The van der Waals surface area contributed by atoms with Crippen LogP contribution >= 0.6 is 11.6 Å². The Kier molecular flexibility index (Phi) is 9.90. The topological polar surface area (TPSA) is 103 Å². The standard InChI is InChI=1S/C26H32ClFN4O3/c1-35-23-14-19(9-12-21(23)28)16-30-25(34)22(13-17-5-3-2-4-6-17)31-26(29)32-24(33)15-18-7-10-20(27)11-8-18/h7-12,14,17,22H,2-6,13,15-16H2,1H3,(H,30,34)(H3,29,31,32,33)/t22-/m1/s1. The van der Waals surface area contributed by atoms with Gasteiger partial charge in [-0.1, -0.05) is 61.9 Å². The molecule has 35 heavy (non-hydrogen) atoms. The quantitative estimate of drug-likeness (QED) is 0.303. The van der Waals surface area contributed by atoms with E-state index in [4.69, 9.17) is 21.7 Å². The van der Waals surface area contributed by atoms with Gasteiger partial charge in [0.15, 0.2) is 17.5 Å². The number of carbonyl (C=O) groups is 2. The van der Waals surface area contributed by atoms with Crippen LogP contribution in [0.15, 0.2) is 42.5 Å². The molecule has 1 saturated carbocycles. The number of methoxy groups -OCH3 is 1. The number of ether oxygens (including phenoxy) is 1. The summed E-state index contributed by atoms with van der Waals surface area (Å²) in [4.78, 5) is 25.4. The Hall–Kier alpha value is -3.13. The maximum atomic E-state index is 13.7. The average Bonchev–Trinajstić information content (AvgIpc) is 2.85. The SMILES string of the molecule is COc1cc(CNC(=O)[C@@H](CC2CCCCC2)NC(=N)NC(=O)Cc2ccc(Cl)cc2)ccc1F. The van der Waals surface area contributed by atoms with Crippen molar-refractivity contribution in [2.24, 2.45) is 5.92 Å². The number of halogens is 2. The van der Waals surface area contributed by atoms with Crippen molar-refractivity contribution >= 4 is 29.4 Å². The summed E-state index contributed by atoms with van der Waals surface area (Å²) in [5.74, 6) is -0.851. The summed E-state index contributed by atoms with van der Waals surface area (Å²) >= 11 is 5.88. The van der Waals surface area contributed by atoms with Gasteiger partial charge in [0.25, 0.3) is 0 Å². The molecule has 0 unspecified atom stereocenters. The summed E-state index contributed by atoms with van der Waals surface area (Å²) in [5, 5.41) is 17.1. The third-order valence-electron chi connectivity index (χ3n) is 6.15. The van der Waals surface area contributed by atoms with Crippen molar-refractivity contribution in [2.75, 3.05) is 7.11 Å². The van der Waals surface area contributed by atoms with Crippen LogP contribution in [0, 0.1) is 17.1 Å². The molecule has 0 spiro atoms. The molecule has 0 heterocycles. The lowest BCUT2D eigenvalue weighted by atomic mass is 9.84. The van der Waals surface area contributed by atoms with E-state index in [-0.39, 0.29) is 36.5 Å². The largest absolute Gasteiger partial charge is 0.494 e. The van der Waals surface area contributed by atoms with Crippen LogP contribution in [0.2, 0.25) is 5.02 Å². The van der Waals surface area contributed by atoms with Gasteiger partial charge < -0.3 is 15.4 Å². The van der Waals surface area contributed by atoms with Crippen molar-refractivity contribution in [3.8, 4) is 5.75 Å². The Morgan fingerprint density at radius 3 is 2.49 bits per heavy atom. The number of guanidine groups is 1. The first kappa shape index (κ1) is 26.5. The smallest absolute Gasteiger partial charge is 0.242 e. The van der Waals surface area contributed by atoms with Gasteiger partial charge in [-0.3, -0.25) is 20.3 Å². The summed E-state index contributed by atoms with van der Waals surface area (Å²) in [5.41, 5.74) is 1.46. The van der Waals surface area contributed by atoms with E-state index in [0.29, 0.717) is 22.9 Å². The van der Waals surface area contributed by atoms with Crippen LogP contribution < -0.4 is 20.7 Å². The zero-order valence-corrected chi connectivity index (χ0v) is 20.6. The number of carbonyl (C=O) groups excluding carboxylic acids is 2. The van der Waals surface area contributed by atoms with E-state index in [1.807, 2.05) is 0 Å². The van der Waals surface area contributed by atoms with E-state index in [0.717, 1.165) is 31.2 Å². The van der Waals surface area contributed by atoms with Crippen molar-refractivity contribution in [2.45, 2.75) is 57.5 Å². The molecular weight excluding hydrogens is 471 g/mol. The van der Waals surface area contributed by atoms with Crippen molar-refractivity contribution < 1.29 is 18.7 Å². The number of nitrogens with one attached hydrogen (secondary N) is 4. The van der Waals surface area contributed by atoms with Gasteiger partial charge in [-0.25, -0.2) is 4.39 Å². The summed E-state index contributed by atoms with van der Waals surface area (Å²) < 4.78 is 18.7. The first-order valence-electron chi connectivity index (χ1n) is 11.8. The van der Waals surface area contributed by atoms with E-state index in [1.165, 1.54) is 25.7 Å². The van der Waals surface area contributed by atoms with Crippen LogP contribution in [0.25, 0.3) is 0 Å². The Balaban J connectivity index is 1.59. The molecule has 0 saturated heterocycles. The van der Waals surface area contributed by atoms with E-state index in [2.05, 4.69) is 16.0 Å². The highest BCUT2D eigenvalue weighted by Gasteiger charge is 2.25. The number of amides is 2. The zero-order chi connectivity index (χ0) is 25.2. The second-order valence-electron chi connectivity index (χ2n) is 8.85. The number of rotatable bonds is 9. The summed E-state index contributed by atoms with van der Waals surface area (Å²) in [7, 11) is 1.39. The van der Waals surface area contributed by atoms with Gasteiger partial charge in [-0.05, 0) is 47.7 Å². The van der Waals surface area contributed by atoms with E-state index in [1.54, 1.807) is 30.3 Å². The molecule has 188 valence electrons. The van der Waals surface area contributed by atoms with Gasteiger partial charge in [0, 0.05) is 11.6 Å². The molecule has 3 rings (SSSR count). The number of hydrogen-bond donors (Lipinski definition) is 4. The summed E-state index contributed by atoms with van der Waals surface area (Å²) in [6.45, 7) is 0.189. The third-order valence-corrected chi connectivity index (χ3v) is 6.41. The Morgan fingerprint density at radius 1 is 1.11 bits per heavy atom. The molecule has 2 amide bonds. The van der Waals surface area contributed by atoms with Gasteiger partial charge >= 0.3 is 0 Å². The summed E-state index contributed by atoms with van der Waals surface area (Å²) in [6.07, 6.45) is 6.19. The normalized spacial score (nSPS) is 14.6. The summed E-state index contributed by atoms with van der Waals surface area (Å²) in [6, 6.07) is 10.7. The van der Waals surface area contributed by atoms with E-state index < -0.39 is 11.9 Å². The molecule has 9 heteroatoms. The lowest BCUT2D eigenvalue weighted by Crippen LogP contribution is -2.52. The predicted molar refractivity (Wildman–Crippen MR) is 134 cm³/mol. The Labute approximate surface area is 210 Å². The predicted octanol–water partition coefficient (Wildman–Crippen LogP) is 4.33. The molecule has 1 aliphatic carbocycles. The Morgan fingerprint density at radius 2 is 1.80 bits per heavy atom. The molecule has 0 aliphatic heterocycles. The monoisotopic (exact) mass is 502 g/mol. The van der Waals surface area contributed by atoms with Crippen molar-refractivity contribution in [1.82, 2.24) is 16.0 Å². The molecule has 2 aromatic carbocycles. The maximum absolute atomic E-state index is 13.7. The molecule has 0 aromatic heterocycles. The van der Waals surface area contributed by atoms with Gasteiger partial charge in [0.2, 0.25) is 11.8 Å². The van der Waals surface area contributed by atoms with E-state index in [9.17, 15) is 14.0 Å². The molecule has 1 aliphatic rings. The molecule has 0 bridgehead atoms. The molecule has 7 nitrogen and oxygen atoms in total. The lowest BCUT2D eigenvalue weighted by molar-refractivity contribution is -0.123. The lowest BCUT2D eigenvalue weighted by Gasteiger charge is -2.27. The molecular formula is C26H32ClFN4O3. The van der Waals surface area contributed by atoms with E-state index >= 15 is 0 Å². The molecule has 1 atom stereocenters. The van der Waals surface area contributed by atoms with Crippen molar-refractivity contribution in [3.05, 3.63) is 64.4 Å². The average molecular weight is 503 g/mol. The third kappa shape index (κ3) is 8.55. The highest BCUT2D eigenvalue weighted by Crippen LogP contribution is 2.27. The van der Waals surface area contributed by atoms with Gasteiger partial charge in [0.1, 0.15) is 6.04 Å². The van der Waals surface area contributed by atoms with Crippen LogP contribution in [0.3, 0.4) is 0 Å². The fraction of sp³-hybridized carbons (Fsp3) is 0.423. The molecule has 4 N–H and O–H groups in total. The van der Waals surface area contributed by atoms with Crippen LogP contribution in [-0.4, -0.2) is 30.9 Å². The fourth-order valence-corrected chi connectivity index (χ4v) is 4.42. The minimum absolute atomic E-state index is 0.0904. The van der Waals surface area contributed by atoms with Crippen molar-refractivity contribution in [1.29, 1.82) is 5.41 Å². The minimum Gasteiger partial charge on any atom is -0.494 e. The van der Waals surface area contributed by atoms with Gasteiger partial charge in [-0.15, -0.1) is 0 Å². The van der Waals surface area contributed by atoms with Crippen LogP contribution in [0.4, 0.5) is 4.39 Å². The van der Waals surface area contributed by atoms with Crippen molar-refractivity contribution in [3.63, 3.8) is 0 Å². The second kappa shape index (κ2) is 13.1. The second-order valence-corrected chi connectivity index (χ2v) is 9.29. The molecule has 2 aromatic rings. The van der Waals surface area contributed by atoms with Crippen LogP contribution in [-0.2, 0) is 22.6 Å².